The third kappa shape index (κ3) is 18.1. The highest BCUT2D eigenvalue weighted by atomic mass is 16.2. The Bertz CT molecular complexity index is 1910. The highest BCUT2D eigenvalue weighted by Crippen LogP contribution is 2.17. The summed E-state index contributed by atoms with van der Waals surface area (Å²) in [6, 6.07) is 16.4. The second-order valence-corrected chi connectivity index (χ2v) is 15.4. The molecule has 0 saturated carbocycles. The predicted octanol–water partition coefficient (Wildman–Crippen LogP) is 3.06. The van der Waals surface area contributed by atoms with Crippen molar-refractivity contribution in [2.75, 3.05) is 42.1 Å². The summed E-state index contributed by atoms with van der Waals surface area (Å²) in [5, 5.41) is 17.0. The van der Waals surface area contributed by atoms with Gasteiger partial charge in [0.25, 0.3) is 17.7 Å². The van der Waals surface area contributed by atoms with E-state index in [4.69, 9.17) is 28.7 Å². The van der Waals surface area contributed by atoms with E-state index in [0.717, 1.165) is 25.7 Å². The van der Waals surface area contributed by atoms with Gasteiger partial charge in [-0.25, -0.2) is 0 Å². The SMILES string of the molecule is CC(CCCCN)NC(=O)c1cccc(NC(=O)C(CCCCN)NC(=O)c2cccc(NC(=O)C(CCCCN)NC(=O)c3cccc(NC(=O)[C@@H](N)CCCCN)c3)c2)c1. The van der Waals surface area contributed by atoms with Crippen molar-refractivity contribution in [1.29, 1.82) is 0 Å². The first-order valence-corrected chi connectivity index (χ1v) is 21.6. The van der Waals surface area contributed by atoms with Crippen LogP contribution in [-0.2, 0) is 14.4 Å². The number of hydrogen-bond donors (Lipinski definition) is 11. The quantitative estimate of drug-likeness (QED) is 0.0472. The number of anilines is 3. The predicted molar refractivity (Wildman–Crippen MR) is 244 cm³/mol. The summed E-state index contributed by atoms with van der Waals surface area (Å²) >= 11 is 0. The average Bonchev–Trinajstić information content (AvgIpc) is 3.26. The lowest BCUT2D eigenvalue weighted by molar-refractivity contribution is -0.118. The van der Waals surface area contributed by atoms with Crippen molar-refractivity contribution in [3.8, 4) is 0 Å². The zero-order valence-electron chi connectivity index (χ0n) is 35.9. The monoisotopic (exact) mass is 858 g/mol. The number of unbranched alkanes of at least 4 members (excludes halogenated alkanes) is 4. The summed E-state index contributed by atoms with van der Waals surface area (Å²) in [5.41, 5.74) is 30.4. The average molecular weight is 858 g/mol. The maximum absolute atomic E-state index is 13.7. The van der Waals surface area contributed by atoms with E-state index in [1.807, 2.05) is 6.92 Å². The van der Waals surface area contributed by atoms with Crippen LogP contribution in [0.1, 0.15) is 115 Å². The van der Waals surface area contributed by atoms with Crippen LogP contribution in [0.4, 0.5) is 17.1 Å². The van der Waals surface area contributed by atoms with Crippen molar-refractivity contribution in [1.82, 2.24) is 16.0 Å². The van der Waals surface area contributed by atoms with Gasteiger partial charge in [0, 0.05) is 39.8 Å². The summed E-state index contributed by atoms with van der Waals surface area (Å²) in [5.74, 6) is -2.73. The molecule has 17 heteroatoms. The first-order chi connectivity index (χ1) is 29.9. The van der Waals surface area contributed by atoms with Crippen molar-refractivity contribution >= 4 is 52.5 Å². The van der Waals surface area contributed by atoms with E-state index in [0.29, 0.717) is 93.8 Å². The Morgan fingerprint density at radius 3 is 1.18 bits per heavy atom. The molecule has 0 heterocycles. The van der Waals surface area contributed by atoms with Crippen LogP contribution in [0.5, 0.6) is 0 Å². The molecule has 17 nitrogen and oxygen atoms in total. The van der Waals surface area contributed by atoms with Crippen LogP contribution >= 0.6 is 0 Å². The van der Waals surface area contributed by atoms with Gasteiger partial charge in [-0.15, -0.1) is 0 Å². The fraction of sp³-hybridized carbons (Fsp3) is 0.467. The molecular weight excluding hydrogens is 791 g/mol. The summed E-state index contributed by atoms with van der Waals surface area (Å²) in [7, 11) is 0. The van der Waals surface area contributed by atoms with E-state index in [2.05, 4.69) is 31.9 Å². The Kier molecular flexibility index (Phi) is 22.9. The molecule has 6 amide bonds. The Balaban J connectivity index is 1.69. The fourth-order valence-electron chi connectivity index (χ4n) is 6.53. The highest BCUT2D eigenvalue weighted by molar-refractivity contribution is 6.05. The van der Waals surface area contributed by atoms with E-state index in [9.17, 15) is 28.8 Å². The van der Waals surface area contributed by atoms with E-state index in [1.54, 1.807) is 60.7 Å². The third-order valence-electron chi connectivity index (χ3n) is 10.1. The first-order valence-electron chi connectivity index (χ1n) is 21.6. The molecule has 4 atom stereocenters. The largest absolute Gasteiger partial charge is 0.350 e. The molecule has 62 heavy (non-hydrogen) atoms. The minimum Gasteiger partial charge on any atom is -0.350 e. The van der Waals surface area contributed by atoms with Gasteiger partial charge in [-0.3, -0.25) is 28.8 Å². The molecule has 3 rings (SSSR count). The van der Waals surface area contributed by atoms with Crippen LogP contribution in [-0.4, -0.2) is 85.8 Å². The van der Waals surface area contributed by atoms with Crippen molar-refractivity contribution < 1.29 is 28.8 Å². The number of carbonyl (C=O) groups excluding carboxylic acids is 6. The molecular formula is C45H67N11O6. The summed E-state index contributed by atoms with van der Waals surface area (Å²) in [4.78, 5) is 79.9. The number of carbonyl (C=O) groups is 6. The topological polar surface area (TPSA) is 305 Å². The number of amides is 6. The Labute approximate surface area is 364 Å². The van der Waals surface area contributed by atoms with Crippen molar-refractivity contribution in [2.24, 2.45) is 28.7 Å². The second-order valence-electron chi connectivity index (χ2n) is 15.4. The van der Waals surface area contributed by atoms with Crippen LogP contribution in [0.25, 0.3) is 0 Å². The number of nitrogens with one attached hydrogen (secondary N) is 6. The number of nitrogens with two attached hydrogens (primary N) is 5. The number of benzene rings is 3. The van der Waals surface area contributed by atoms with Gasteiger partial charge in [0.05, 0.1) is 6.04 Å². The van der Waals surface area contributed by atoms with Gasteiger partial charge in [-0.2, -0.15) is 0 Å². The minimum atomic E-state index is -0.967. The smallest absolute Gasteiger partial charge is 0.252 e. The molecule has 0 fully saturated rings. The molecule has 0 spiro atoms. The second kappa shape index (κ2) is 28.0. The maximum Gasteiger partial charge on any atom is 0.252 e. The van der Waals surface area contributed by atoms with Gasteiger partial charge in [-0.1, -0.05) is 31.0 Å². The summed E-state index contributed by atoms with van der Waals surface area (Å²) < 4.78 is 0. The lowest BCUT2D eigenvalue weighted by Crippen LogP contribution is -2.44. The molecule has 0 aliphatic rings. The van der Waals surface area contributed by atoms with Gasteiger partial charge < -0.3 is 60.6 Å². The molecule has 0 aliphatic heterocycles. The Hall–Kier alpha value is -5.72. The van der Waals surface area contributed by atoms with Gasteiger partial charge >= 0.3 is 0 Å². The highest BCUT2D eigenvalue weighted by Gasteiger charge is 2.25. The molecule has 16 N–H and O–H groups in total. The Morgan fingerprint density at radius 1 is 0.452 bits per heavy atom. The standard InChI is InChI=1S/C45H67N11O6/c1-30(13-2-6-23-46)51-40(57)31-14-10-18-35(27-31)53-44(61)38(21-4-8-25-48)56-42(59)33-16-12-19-36(29-33)54-45(62)39(22-5-9-26-49)55-41(58)32-15-11-17-34(28-32)52-43(60)37(50)20-3-7-24-47/h10-12,14-19,27-30,37-39H,2-9,13,20-26,46-50H2,1H3,(H,51,57)(H,52,60)(H,53,61)(H,54,62)(H,55,58)(H,56,59)/t30?,37-,38?,39?/m0/s1. The zero-order chi connectivity index (χ0) is 45.3. The molecule has 0 radical (unpaired) electrons. The fourth-order valence-corrected chi connectivity index (χ4v) is 6.53. The molecule has 0 aliphatic carbocycles. The minimum absolute atomic E-state index is 0.0518. The van der Waals surface area contributed by atoms with Gasteiger partial charge in [-0.05, 0) is 152 Å². The Morgan fingerprint density at radius 2 is 0.790 bits per heavy atom. The van der Waals surface area contributed by atoms with Crippen molar-refractivity contribution in [2.45, 2.75) is 108 Å². The summed E-state index contributed by atoms with van der Waals surface area (Å²) in [6.07, 6.45) is 7.46. The summed E-state index contributed by atoms with van der Waals surface area (Å²) in [6.45, 7) is 3.85. The van der Waals surface area contributed by atoms with Crippen LogP contribution < -0.4 is 60.6 Å². The first kappa shape index (κ1) is 50.6. The number of hydrogen-bond acceptors (Lipinski definition) is 11. The lowest BCUT2D eigenvalue weighted by Gasteiger charge is -2.20. The molecule has 3 aromatic rings. The molecule has 3 unspecified atom stereocenters. The normalized spacial score (nSPS) is 12.9. The third-order valence-corrected chi connectivity index (χ3v) is 10.1. The molecule has 0 aromatic heterocycles. The van der Waals surface area contributed by atoms with Crippen LogP contribution in [0.3, 0.4) is 0 Å². The van der Waals surface area contributed by atoms with Crippen molar-refractivity contribution in [3.63, 3.8) is 0 Å². The van der Waals surface area contributed by atoms with E-state index >= 15 is 0 Å². The lowest BCUT2D eigenvalue weighted by atomic mass is 10.1. The molecule has 0 bridgehead atoms. The molecule has 3 aromatic carbocycles. The van der Waals surface area contributed by atoms with Crippen LogP contribution in [0, 0.1) is 0 Å². The van der Waals surface area contributed by atoms with Gasteiger partial charge in [0.15, 0.2) is 0 Å². The molecule has 0 saturated heterocycles. The number of rotatable bonds is 28. The van der Waals surface area contributed by atoms with Crippen molar-refractivity contribution in [3.05, 3.63) is 89.5 Å². The van der Waals surface area contributed by atoms with Crippen LogP contribution in [0.15, 0.2) is 72.8 Å². The van der Waals surface area contributed by atoms with E-state index in [1.165, 1.54) is 12.1 Å². The van der Waals surface area contributed by atoms with Gasteiger partial charge in [0.2, 0.25) is 17.7 Å². The van der Waals surface area contributed by atoms with E-state index in [-0.39, 0.29) is 35.4 Å². The van der Waals surface area contributed by atoms with Gasteiger partial charge in [0.1, 0.15) is 12.1 Å². The van der Waals surface area contributed by atoms with E-state index < -0.39 is 41.8 Å². The zero-order valence-corrected chi connectivity index (χ0v) is 35.9. The molecule has 338 valence electrons. The van der Waals surface area contributed by atoms with Crippen LogP contribution in [0.2, 0.25) is 0 Å². The maximum atomic E-state index is 13.7.